The van der Waals surface area contributed by atoms with E-state index in [-0.39, 0.29) is 29.3 Å². The average molecular weight is 441 g/mol. The van der Waals surface area contributed by atoms with Gasteiger partial charge >= 0.3 is 0 Å². The molecule has 2 atom stereocenters. The molecule has 6 nitrogen and oxygen atoms in total. The van der Waals surface area contributed by atoms with Gasteiger partial charge in [0.05, 0.1) is 17.5 Å². The van der Waals surface area contributed by atoms with Gasteiger partial charge in [-0.2, -0.15) is 0 Å². The third-order valence-corrected chi connectivity index (χ3v) is 6.96. The lowest BCUT2D eigenvalue weighted by molar-refractivity contribution is -0.135. The van der Waals surface area contributed by atoms with Crippen molar-refractivity contribution in [3.05, 3.63) is 95.8 Å². The summed E-state index contributed by atoms with van der Waals surface area (Å²) in [5.41, 5.74) is 9.60. The van der Waals surface area contributed by atoms with Crippen LogP contribution in [-0.4, -0.2) is 34.3 Å². The van der Waals surface area contributed by atoms with E-state index in [4.69, 9.17) is 5.73 Å². The largest absolute Gasteiger partial charge is 0.337 e. The summed E-state index contributed by atoms with van der Waals surface area (Å²) in [5.74, 6) is 0.0255. The van der Waals surface area contributed by atoms with Gasteiger partial charge in [-0.1, -0.05) is 42.5 Å². The molecule has 6 heteroatoms. The Morgan fingerprint density at radius 3 is 2.36 bits per heavy atom. The maximum atomic E-state index is 13.6. The maximum Gasteiger partial charge on any atom is 0.255 e. The molecule has 1 saturated carbocycles. The van der Waals surface area contributed by atoms with E-state index in [0.717, 1.165) is 43.4 Å². The molecule has 1 aromatic heterocycles. The molecule has 0 radical (unpaired) electrons. The molecule has 1 aliphatic heterocycles. The number of anilines is 1. The molecule has 2 unspecified atom stereocenters. The van der Waals surface area contributed by atoms with Gasteiger partial charge in [0.1, 0.15) is 0 Å². The number of carbonyl (C=O) groups excluding carboxylic acids is 2. The Kier molecular flexibility index (Phi) is 5.68. The van der Waals surface area contributed by atoms with Crippen LogP contribution in [0, 0.1) is 0 Å². The normalized spacial score (nSPS) is 19.7. The molecule has 2 fully saturated rings. The maximum absolute atomic E-state index is 13.6. The summed E-state index contributed by atoms with van der Waals surface area (Å²) in [6.07, 6.45) is 6.92. The van der Waals surface area contributed by atoms with E-state index in [1.54, 1.807) is 36.7 Å². The number of nitrogens with one attached hydrogen (secondary N) is 1. The first kappa shape index (κ1) is 21.3. The van der Waals surface area contributed by atoms with Gasteiger partial charge in [0.25, 0.3) is 5.91 Å². The molecule has 3 N–H and O–H groups in total. The number of benzene rings is 2. The smallest absolute Gasteiger partial charge is 0.255 e. The molecule has 2 amide bonds. The quantitative estimate of drug-likeness (QED) is 0.605. The molecule has 0 bridgehead atoms. The van der Waals surface area contributed by atoms with Crippen LogP contribution in [-0.2, 0) is 10.2 Å². The van der Waals surface area contributed by atoms with E-state index in [1.165, 1.54) is 0 Å². The molecule has 3 aromatic rings. The second kappa shape index (κ2) is 8.79. The highest BCUT2D eigenvalue weighted by Gasteiger charge is 2.54. The first-order chi connectivity index (χ1) is 16.1. The lowest BCUT2D eigenvalue weighted by Gasteiger charge is -2.33. The third-order valence-electron chi connectivity index (χ3n) is 6.96. The monoisotopic (exact) mass is 440 g/mol. The van der Waals surface area contributed by atoms with Crippen molar-refractivity contribution in [2.75, 3.05) is 11.9 Å². The van der Waals surface area contributed by atoms with Gasteiger partial charge in [-0.15, -0.1) is 0 Å². The average Bonchev–Trinajstić information content (AvgIpc) is 3.54. The molecular formula is C27H28N4O2. The minimum absolute atomic E-state index is 0.0322. The summed E-state index contributed by atoms with van der Waals surface area (Å²) in [6.45, 7) is 0.748. The Balaban J connectivity index is 1.29. The van der Waals surface area contributed by atoms with E-state index in [2.05, 4.69) is 22.4 Å². The van der Waals surface area contributed by atoms with Crippen LogP contribution in [0.2, 0.25) is 0 Å². The second-order valence-corrected chi connectivity index (χ2v) is 8.99. The lowest BCUT2D eigenvalue weighted by Crippen LogP contribution is -2.46. The van der Waals surface area contributed by atoms with Gasteiger partial charge in [0.2, 0.25) is 5.91 Å². The van der Waals surface area contributed by atoms with Crippen molar-refractivity contribution in [1.29, 1.82) is 0 Å². The fourth-order valence-electron chi connectivity index (χ4n) is 4.92. The van der Waals surface area contributed by atoms with Gasteiger partial charge in [-0.05, 0) is 61.1 Å². The number of amides is 2. The minimum Gasteiger partial charge on any atom is -0.337 e. The number of likely N-dealkylation sites (tertiary alicyclic amines) is 1. The summed E-state index contributed by atoms with van der Waals surface area (Å²) >= 11 is 0. The van der Waals surface area contributed by atoms with E-state index in [1.807, 2.05) is 35.2 Å². The topological polar surface area (TPSA) is 88.3 Å². The summed E-state index contributed by atoms with van der Waals surface area (Å²) in [4.78, 5) is 32.1. The van der Waals surface area contributed by atoms with Crippen LogP contribution in [0.1, 0.15) is 53.2 Å². The fourth-order valence-corrected chi connectivity index (χ4v) is 4.92. The summed E-state index contributed by atoms with van der Waals surface area (Å²) in [6, 6.07) is 20.7. The Labute approximate surface area is 193 Å². The molecule has 0 spiro atoms. The number of hydrogen-bond acceptors (Lipinski definition) is 4. The molecule has 1 aliphatic carbocycles. The number of nitrogens with two attached hydrogens (primary N) is 1. The van der Waals surface area contributed by atoms with Crippen molar-refractivity contribution >= 4 is 17.5 Å². The van der Waals surface area contributed by atoms with Crippen LogP contribution < -0.4 is 11.1 Å². The Bertz CT molecular complexity index is 1130. The number of rotatable bonds is 6. The summed E-state index contributed by atoms with van der Waals surface area (Å²) < 4.78 is 0. The fraction of sp³-hybridized carbons (Fsp3) is 0.296. The number of aromatic nitrogens is 1. The third kappa shape index (κ3) is 4.14. The Morgan fingerprint density at radius 2 is 1.70 bits per heavy atom. The number of hydrogen-bond donors (Lipinski definition) is 2. The molecule has 1 saturated heterocycles. The molecule has 2 aromatic carbocycles. The van der Waals surface area contributed by atoms with E-state index in [0.29, 0.717) is 11.3 Å². The van der Waals surface area contributed by atoms with Gasteiger partial charge in [0, 0.05) is 30.2 Å². The highest BCUT2D eigenvalue weighted by atomic mass is 16.2. The van der Waals surface area contributed by atoms with Crippen LogP contribution in [0.15, 0.2) is 79.1 Å². The van der Waals surface area contributed by atoms with Crippen molar-refractivity contribution in [3.63, 3.8) is 0 Å². The highest BCUT2D eigenvalue weighted by molar-refractivity contribution is 6.04. The van der Waals surface area contributed by atoms with E-state index >= 15 is 0 Å². The zero-order valence-corrected chi connectivity index (χ0v) is 18.5. The summed E-state index contributed by atoms with van der Waals surface area (Å²) in [7, 11) is 0. The minimum atomic E-state index is -0.377. The van der Waals surface area contributed by atoms with Crippen LogP contribution in [0.5, 0.6) is 0 Å². The predicted molar refractivity (Wildman–Crippen MR) is 128 cm³/mol. The standard InChI is InChI=1S/C27H28N4O2/c28-24(19-8-10-20(11-9-19)25(32)30-22-12-16-29-17-13-22)23-7-4-18-31(23)26(33)27(14-15-27)21-5-2-1-3-6-21/h1-3,5-6,8-13,16-17,23-24H,4,7,14-15,18,28H2,(H,29,30,32). The van der Waals surface area contributed by atoms with Gasteiger partial charge in [-0.25, -0.2) is 0 Å². The van der Waals surface area contributed by atoms with Crippen molar-refractivity contribution < 1.29 is 9.59 Å². The molecule has 168 valence electrons. The molecular weight excluding hydrogens is 412 g/mol. The molecule has 2 heterocycles. The molecule has 33 heavy (non-hydrogen) atoms. The molecule has 2 aliphatic rings. The summed E-state index contributed by atoms with van der Waals surface area (Å²) in [5, 5.41) is 2.86. The van der Waals surface area contributed by atoms with Crippen LogP contribution in [0.3, 0.4) is 0 Å². The van der Waals surface area contributed by atoms with E-state index < -0.39 is 0 Å². The van der Waals surface area contributed by atoms with Crippen molar-refractivity contribution in [2.45, 2.75) is 43.2 Å². The van der Waals surface area contributed by atoms with Gasteiger partial charge in [-0.3, -0.25) is 14.6 Å². The zero-order valence-electron chi connectivity index (χ0n) is 18.5. The first-order valence-corrected chi connectivity index (χ1v) is 11.5. The number of nitrogens with zero attached hydrogens (tertiary/aromatic N) is 2. The Morgan fingerprint density at radius 1 is 1.00 bits per heavy atom. The zero-order chi connectivity index (χ0) is 22.8. The molecule has 5 rings (SSSR count). The van der Waals surface area contributed by atoms with Crippen molar-refractivity contribution in [1.82, 2.24) is 9.88 Å². The Hall–Kier alpha value is -3.51. The van der Waals surface area contributed by atoms with Gasteiger partial charge in [0.15, 0.2) is 0 Å². The first-order valence-electron chi connectivity index (χ1n) is 11.5. The number of pyridine rings is 1. The van der Waals surface area contributed by atoms with Crippen molar-refractivity contribution in [2.24, 2.45) is 5.73 Å². The van der Waals surface area contributed by atoms with E-state index in [9.17, 15) is 9.59 Å². The second-order valence-electron chi connectivity index (χ2n) is 8.99. The van der Waals surface area contributed by atoms with Gasteiger partial charge < -0.3 is 16.0 Å². The van der Waals surface area contributed by atoms with Crippen molar-refractivity contribution in [3.8, 4) is 0 Å². The van der Waals surface area contributed by atoms with Crippen LogP contribution >= 0.6 is 0 Å². The lowest BCUT2D eigenvalue weighted by atomic mass is 9.92. The number of carbonyl (C=O) groups is 2. The SMILES string of the molecule is NC(c1ccc(C(=O)Nc2ccncc2)cc1)C1CCCN1C(=O)C1(c2ccccc2)CC1. The predicted octanol–water partition coefficient (Wildman–Crippen LogP) is 4.06. The van der Waals surface area contributed by atoms with Crippen LogP contribution in [0.25, 0.3) is 0 Å². The highest BCUT2D eigenvalue weighted by Crippen LogP contribution is 2.50. The van der Waals surface area contributed by atoms with Crippen LogP contribution in [0.4, 0.5) is 5.69 Å².